The number of morpholine rings is 1. The highest BCUT2D eigenvalue weighted by Gasteiger charge is 2.36. The number of nitrogens with zero attached hydrogens (tertiary/aromatic N) is 5. The van der Waals surface area contributed by atoms with Gasteiger partial charge in [-0.05, 0) is 24.3 Å². The molecule has 0 spiro atoms. The van der Waals surface area contributed by atoms with Gasteiger partial charge in [0.1, 0.15) is 6.04 Å². The average molecular weight is 365 g/mol. The van der Waals surface area contributed by atoms with Crippen molar-refractivity contribution >= 4 is 11.8 Å². The molecule has 2 aliphatic rings. The first kappa shape index (κ1) is 17.2. The zero-order valence-electron chi connectivity index (χ0n) is 14.7. The predicted octanol–water partition coefficient (Wildman–Crippen LogP) is 0.811. The van der Waals surface area contributed by atoms with Crippen LogP contribution < -0.4 is 0 Å². The van der Waals surface area contributed by atoms with Crippen molar-refractivity contribution in [2.45, 2.75) is 12.6 Å². The Balaban J connectivity index is 1.60. The number of amides is 2. The van der Waals surface area contributed by atoms with E-state index in [-0.39, 0.29) is 18.4 Å². The van der Waals surface area contributed by atoms with Crippen LogP contribution in [0.3, 0.4) is 0 Å². The predicted molar refractivity (Wildman–Crippen MR) is 94.6 cm³/mol. The summed E-state index contributed by atoms with van der Waals surface area (Å²) in [6.07, 6.45) is 1.65. The lowest BCUT2D eigenvalue weighted by molar-refractivity contribution is -0.140. The molecule has 4 rings (SSSR count). The van der Waals surface area contributed by atoms with Crippen LogP contribution in [0.25, 0.3) is 0 Å². The number of aromatic nitrogens is 2. The van der Waals surface area contributed by atoms with Gasteiger partial charge in [-0.2, -0.15) is 10.4 Å². The lowest BCUT2D eigenvalue weighted by atomic mass is 10.1. The highest BCUT2D eigenvalue weighted by Crippen LogP contribution is 2.24. The SMILES string of the molecule is N#Cc1cccc(C(=O)N2Cc3ccnn3[C@H](C(=O)N3CCOCC3)C2)c1. The molecule has 2 aliphatic heterocycles. The summed E-state index contributed by atoms with van der Waals surface area (Å²) in [7, 11) is 0. The van der Waals surface area contributed by atoms with Gasteiger partial charge < -0.3 is 14.5 Å². The van der Waals surface area contributed by atoms with Crippen molar-refractivity contribution in [1.29, 1.82) is 5.26 Å². The number of carbonyl (C=O) groups is 2. The normalized spacial score (nSPS) is 19.3. The highest BCUT2D eigenvalue weighted by molar-refractivity contribution is 5.95. The molecule has 138 valence electrons. The summed E-state index contributed by atoms with van der Waals surface area (Å²) >= 11 is 0. The van der Waals surface area contributed by atoms with Crippen molar-refractivity contribution in [3.63, 3.8) is 0 Å². The number of carbonyl (C=O) groups excluding carboxylic acids is 2. The fourth-order valence-electron chi connectivity index (χ4n) is 3.53. The quantitative estimate of drug-likeness (QED) is 0.785. The van der Waals surface area contributed by atoms with Crippen molar-refractivity contribution in [2.75, 3.05) is 32.8 Å². The van der Waals surface area contributed by atoms with Gasteiger partial charge in [-0.25, -0.2) is 0 Å². The molecule has 0 aliphatic carbocycles. The van der Waals surface area contributed by atoms with E-state index in [1.165, 1.54) is 0 Å². The van der Waals surface area contributed by atoms with Crippen LogP contribution in [0, 0.1) is 11.3 Å². The van der Waals surface area contributed by atoms with Crippen LogP contribution in [0.2, 0.25) is 0 Å². The molecule has 0 radical (unpaired) electrons. The van der Waals surface area contributed by atoms with Gasteiger partial charge in [0.25, 0.3) is 5.91 Å². The standard InChI is InChI=1S/C19H19N5O3/c20-11-14-2-1-3-15(10-14)18(25)23-12-16-4-5-21-24(16)17(13-23)19(26)22-6-8-27-9-7-22/h1-5,10,17H,6-9,12-13H2/t17-/m0/s1. The van der Waals surface area contributed by atoms with Crippen LogP contribution >= 0.6 is 0 Å². The van der Waals surface area contributed by atoms with E-state index < -0.39 is 6.04 Å². The third-order valence-corrected chi connectivity index (χ3v) is 4.93. The third kappa shape index (κ3) is 3.29. The summed E-state index contributed by atoms with van der Waals surface area (Å²) in [6, 6.07) is 9.94. The van der Waals surface area contributed by atoms with E-state index in [0.29, 0.717) is 44.0 Å². The maximum atomic E-state index is 13.0. The summed E-state index contributed by atoms with van der Waals surface area (Å²) < 4.78 is 7.04. The molecule has 1 atom stereocenters. The van der Waals surface area contributed by atoms with Crippen molar-refractivity contribution in [3.8, 4) is 6.07 Å². The molecule has 1 aromatic heterocycles. The van der Waals surface area contributed by atoms with Crippen LogP contribution in [0.1, 0.15) is 27.7 Å². The minimum atomic E-state index is -0.551. The summed E-state index contributed by atoms with van der Waals surface area (Å²) in [5.41, 5.74) is 1.70. The summed E-state index contributed by atoms with van der Waals surface area (Å²) in [5.74, 6) is -0.245. The number of fused-ring (bicyclic) bond motifs is 1. The molecule has 0 bridgehead atoms. The Morgan fingerprint density at radius 3 is 2.78 bits per heavy atom. The highest BCUT2D eigenvalue weighted by atomic mass is 16.5. The van der Waals surface area contributed by atoms with Crippen LogP contribution in [0.5, 0.6) is 0 Å². The number of rotatable bonds is 2. The first-order chi connectivity index (χ1) is 13.2. The van der Waals surface area contributed by atoms with E-state index in [4.69, 9.17) is 10.00 Å². The Morgan fingerprint density at radius 2 is 2.00 bits per heavy atom. The van der Waals surface area contributed by atoms with Gasteiger partial charge in [0, 0.05) is 24.8 Å². The van der Waals surface area contributed by atoms with E-state index in [1.807, 2.05) is 12.1 Å². The minimum Gasteiger partial charge on any atom is -0.378 e. The molecule has 0 saturated carbocycles. The first-order valence-electron chi connectivity index (χ1n) is 8.86. The Kier molecular flexibility index (Phi) is 4.60. The number of hydrogen-bond donors (Lipinski definition) is 0. The number of nitriles is 1. The fourth-order valence-corrected chi connectivity index (χ4v) is 3.53. The lowest BCUT2D eigenvalue weighted by Gasteiger charge is -2.36. The van der Waals surface area contributed by atoms with Gasteiger partial charge in [-0.15, -0.1) is 0 Å². The largest absolute Gasteiger partial charge is 0.378 e. The Morgan fingerprint density at radius 1 is 1.19 bits per heavy atom. The maximum absolute atomic E-state index is 13.0. The molecule has 2 aromatic rings. The van der Waals surface area contributed by atoms with Gasteiger partial charge in [0.15, 0.2) is 0 Å². The zero-order valence-corrected chi connectivity index (χ0v) is 14.7. The van der Waals surface area contributed by atoms with E-state index in [9.17, 15) is 9.59 Å². The molecule has 1 aromatic carbocycles. The molecular weight excluding hydrogens is 346 g/mol. The molecule has 1 saturated heterocycles. The Bertz CT molecular complexity index is 910. The third-order valence-electron chi connectivity index (χ3n) is 4.93. The lowest BCUT2D eigenvalue weighted by Crippen LogP contribution is -2.50. The first-order valence-corrected chi connectivity index (χ1v) is 8.86. The summed E-state index contributed by atoms with van der Waals surface area (Å²) in [4.78, 5) is 29.5. The van der Waals surface area contributed by atoms with Gasteiger partial charge in [-0.3, -0.25) is 14.3 Å². The molecule has 0 unspecified atom stereocenters. The molecule has 1 fully saturated rings. The van der Waals surface area contributed by atoms with Crippen LogP contribution in [0.15, 0.2) is 36.5 Å². The van der Waals surface area contributed by atoms with Crippen LogP contribution in [0.4, 0.5) is 0 Å². The molecule has 0 N–H and O–H groups in total. The Hall–Kier alpha value is -3.18. The van der Waals surface area contributed by atoms with E-state index in [2.05, 4.69) is 5.10 Å². The Labute approximate surface area is 156 Å². The van der Waals surface area contributed by atoms with Gasteiger partial charge in [-0.1, -0.05) is 6.07 Å². The van der Waals surface area contributed by atoms with Crippen molar-refractivity contribution < 1.29 is 14.3 Å². The molecule has 2 amide bonds. The minimum absolute atomic E-state index is 0.0495. The summed E-state index contributed by atoms with van der Waals surface area (Å²) in [6.45, 7) is 2.76. The van der Waals surface area contributed by atoms with Crippen LogP contribution in [-0.4, -0.2) is 64.2 Å². The van der Waals surface area contributed by atoms with Crippen LogP contribution in [-0.2, 0) is 16.1 Å². The molecular formula is C19H19N5O3. The zero-order chi connectivity index (χ0) is 18.8. The molecule has 27 heavy (non-hydrogen) atoms. The molecule has 3 heterocycles. The number of ether oxygens (including phenoxy) is 1. The van der Waals surface area contributed by atoms with E-state index in [1.54, 1.807) is 44.9 Å². The van der Waals surface area contributed by atoms with Crippen molar-refractivity contribution in [3.05, 3.63) is 53.3 Å². The number of benzene rings is 1. The van der Waals surface area contributed by atoms with Crippen molar-refractivity contribution in [2.24, 2.45) is 0 Å². The second-order valence-corrected chi connectivity index (χ2v) is 6.60. The fraction of sp³-hybridized carbons (Fsp3) is 0.368. The van der Waals surface area contributed by atoms with E-state index in [0.717, 1.165) is 5.69 Å². The maximum Gasteiger partial charge on any atom is 0.254 e. The number of hydrogen-bond acceptors (Lipinski definition) is 5. The monoisotopic (exact) mass is 365 g/mol. The van der Waals surface area contributed by atoms with Gasteiger partial charge >= 0.3 is 0 Å². The molecule has 8 nitrogen and oxygen atoms in total. The molecule has 8 heteroatoms. The average Bonchev–Trinajstić information content (AvgIpc) is 3.21. The van der Waals surface area contributed by atoms with E-state index >= 15 is 0 Å². The second-order valence-electron chi connectivity index (χ2n) is 6.60. The topological polar surface area (TPSA) is 91.5 Å². The van der Waals surface area contributed by atoms with Crippen molar-refractivity contribution in [1.82, 2.24) is 19.6 Å². The van der Waals surface area contributed by atoms with Gasteiger partial charge in [0.05, 0.1) is 43.6 Å². The smallest absolute Gasteiger partial charge is 0.254 e. The summed E-state index contributed by atoms with van der Waals surface area (Å²) in [5, 5.41) is 13.4. The van der Waals surface area contributed by atoms with Gasteiger partial charge in [0.2, 0.25) is 5.91 Å². The second kappa shape index (κ2) is 7.21.